The van der Waals surface area contributed by atoms with E-state index in [1.165, 1.54) is 0 Å². The smallest absolute Gasteiger partial charge is 0.422 e. The Morgan fingerprint density at radius 3 is 2.34 bits per heavy atom. The molecule has 1 heterocycles. The minimum atomic E-state index is -4.33. The van der Waals surface area contributed by atoms with Gasteiger partial charge in [-0.25, -0.2) is 4.99 Å². The fourth-order valence-electron chi connectivity index (χ4n) is 3.10. The fraction of sp³-hybridized carbons (Fsp3) is 0.650. The Hall–Kier alpha value is -1.23. The molecule has 0 aromatic heterocycles. The summed E-state index contributed by atoms with van der Waals surface area (Å²) < 4.78 is 41.3. The van der Waals surface area contributed by atoms with E-state index in [0.29, 0.717) is 18.6 Å². The van der Waals surface area contributed by atoms with Gasteiger partial charge in [0.05, 0.1) is 6.54 Å². The second kappa shape index (κ2) is 12.5. The summed E-state index contributed by atoms with van der Waals surface area (Å²) in [4.78, 5) is 7.08. The molecule has 0 amide bonds. The maximum absolute atomic E-state index is 12.2. The lowest BCUT2D eigenvalue weighted by molar-refractivity contribution is -0.153. The summed E-state index contributed by atoms with van der Waals surface area (Å²) in [5.74, 6) is 0.967. The third kappa shape index (κ3) is 9.88. The number of ether oxygens (including phenoxy) is 1. The van der Waals surface area contributed by atoms with Crippen molar-refractivity contribution < 1.29 is 17.9 Å². The molecule has 0 bridgehead atoms. The van der Waals surface area contributed by atoms with Crippen molar-refractivity contribution in [3.05, 3.63) is 29.8 Å². The number of alkyl halides is 3. The van der Waals surface area contributed by atoms with E-state index in [4.69, 9.17) is 4.74 Å². The molecule has 29 heavy (non-hydrogen) atoms. The van der Waals surface area contributed by atoms with Crippen LogP contribution in [0.15, 0.2) is 29.3 Å². The van der Waals surface area contributed by atoms with E-state index in [9.17, 15) is 13.2 Å². The number of piperidine rings is 1. The number of guanidine groups is 1. The van der Waals surface area contributed by atoms with Crippen LogP contribution in [0.25, 0.3) is 0 Å². The number of hydrogen-bond donors (Lipinski definition) is 2. The monoisotopic (exact) mass is 528 g/mol. The molecule has 5 nitrogen and oxygen atoms in total. The molecule has 0 unspecified atom stereocenters. The Morgan fingerprint density at radius 1 is 1.21 bits per heavy atom. The lowest BCUT2D eigenvalue weighted by Gasteiger charge is -2.35. The quantitative estimate of drug-likeness (QED) is 0.317. The molecule has 1 fully saturated rings. The van der Waals surface area contributed by atoms with E-state index in [-0.39, 0.29) is 29.7 Å². The Morgan fingerprint density at radius 2 is 1.83 bits per heavy atom. The highest BCUT2D eigenvalue weighted by Crippen LogP contribution is 2.19. The van der Waals surface area contributed by atoms with Crippen molar-refractivity contribution in [2.45, 2.75) is 58.4 Å². The number of nitrogens with one attached hydrogen (secondary N) is 2. The average molecular weight is 528 g/mol. The maximum Gasteiger partial charge on any atom is 0.422 e. The fourth-order valence-corrected chi connectivity index (χ4v) is 3.10. The van der Waals surface area contributed by atoms with Crippen LogP contribution >= 0.6 is 24.0 Å². The normalized spacial score (nSPS) is 16.4. The molecule has 166 valence electrons. The van der Waals surface area contributed by atoms with E-state index < -0.39 is 12.8 Å². The molecule has 1 aromatic carbocycles. The predicted molar refractivity (Wildman–Crippen MR) is 121 cm³/mol. The van der Waals surface area contributed by atoms with Crippen LogP contribution in [0.3, 0.4) is 0 Å². The number of hydrogen-bond acceptors (Lipinski definition) is 3. The molecule has 1 aliphatic heterocycles. The molecule has 1 saturated heterocycles. The molecule has 0 aliphatic carbocycles. The summed E-state index contributed by atoms with van der Waals surface area (Å²) in [6.45, 7) is 8.54. The summed E-state index contributed by atoms with van der Waals surface area (Å²) in [7, 11) is 0. The Labute approximate surface area is 188 Å². The molecule has 2 N–H and O–H groups in total. The number of nitrogens with zero attached hydrogens (tertiary/aromatic N) is 2. The van der Waals surface area contributed by atoms with Gasteiger partial charge in [-0.05, 0) is 51.3 Å². The van der Waals surface area contributed by atoms with Crippen molar-refractivity contribution in [1.82, 2.24) is 15.5 Å². The third-order valence-electron chi connectivity index (χ3n) is 4.69. The van der Waals surface area contributed by atoms with Crippen LogP contribution in [0.5, 0.6) is 5.75 Å². The van der Waals surface area contributed by atoms with Crippen molar-refractivity contribution in [2.75, 3.05) is 26.2 Å². The Balaban J connectivity index is 0.00000420. The van der Waals surface area contributed by atoms with Crippen LogP contribution < -0.4 is 15.4 Å². The first-order valence-corrected chi connectivity index (χ1v) is 9.84. The first-order valence-electron chi connectivity index (χ1n) is 9.84. The molecule has 0 saturated carbocycles. The minimum Gasteiger partial charge on any atom is -0.484 e. The SMILES string of the molecule is CCNC(=NCc1ccc(OCC(F)(F)F)cc1)NC1CCN(C(C)C)CC1.I. The summed E-state index contributed by atoms with van der Waals surface area (Å²) in [5.41, 5.74) is 0.909. The molecule has 1 aromatic rings. The molecule has 9 heteroatoms. The first kappa shape index (κ1) is 25.8. The van der Waals surface area contributed by atoms with Gasteiger partial charge in [0, 0.05) is 31.7 Å². The lowest BCUT2D eigenvalue weighted by atomic mass is 10.0. The van der Waals surface area contributed by atoms with Crippen molar-refractivity contribution >= 4 is 29.9 Å². The number of benzene rings is 1. The maximum atomic E-state index is 12.2. The Kier molecular flexibility index (Phi) is 11.1. The van der Waals surface area contributed by atoms with Gasteiger partial charge in [0.15, 0.2) is 12.6 Å². The number of aliphatic imine (C=N–C) groups is 1. The molecule has 0 spiro atoms. The highest BCUT2D eigenvalue weighted by Gasteiger charge is 2.28. The highest BCUT2D eigenvalue weighted by molar-refractivity contribution is 14.0. The van der Waals surface area contributed by atoms with Gasteiger partial charge in [-0.3, -0.25) is 0 Å². The summed E-state index contributed by atoms with van der Waals surface area (Å²) in [6.07, 6.45) is -2.18. The van der Waals surface area contributed by atoms with Gasteiger partial charge in [-0.1, -0.05) is 12.1 Å². The summed E-state index contributed by atoms with van der Waals surface area (Å²) >= 11 is 0. The zero-order valence-corrected chi connectivity index (χ0v) is 19.6. The second-order valence-electron chi connectivity index (χ2n) is 7.29. The lowest BCUT2D eigenvalue weighted by Crippen LogP contribution is -2.49. The van der Waals surface area contributed by atoms with Crippen molar-refractivity contribution in [2.24, 2.45) is 4.99 Å². The highest BCUT2D eigenvalue weighted by atomic mass is 127. The van der Waals surface area contributed by atoms with Crippen LogP contribution in [-0.4, -0.2) is 55.4 Å². The van der Waals surface area contributed by atoms with Gasteiger partial charge in [-0.2, -0.15) is 13.2 Å². The van der Waals surface area contributed by atoms with Crippen molar-refractivity contribution in [1.29, 1.82) is 0 Å². The number of halogens is 4. The van der Waals surface area contributed by atoms with E-state index in [2.05, 4.69) is 34.4 Å². The van der Waals surface area contributed by atoms with Gasteiger partial charge in [-0.15, -0.1) is 24.0 Å². The predicted octanol–water partition coefficient (Wildman–Crippen LogP) is 4.17. The van der Waals surface area contributed by atoms with Crippen LogP contribution in [0.4, 0.5) is 13.2 Å². The number of rotatable bonds is 7. The molecule has 0 atom stereocenters. The van der Waals surface area contributed by atoms with Crippen molar-refractivity contribution in [3.63, 3.8) is 0 Å². The molecular weight excluding hydrogens is 496 g/mol. The summed E-state index contributed by atoms with van der Waals surface area (Å²) in [5, 5.41) is 6.76. The largest absolute Gasteiger partial charge is 0.484 e. The van der Waals surface area contributed by atoms with Gasteiger partial charge in [0.25, 0.3) is 0 Å². The summed E-state index contributed by atoms with van der Waals surface area (Å²) in [6, 6.07) is 7.52. The van der Waals surface area contributed by atoms with E-state index in [0.717, 1.165) is 44.0 Å². The molecule has 0 radical (unpaired) electrons. The first-order chi connectivity index (χ1) is 13.3. The standard InChI is InChI=1S/C20H31F3N4O.HI/c1-4-24-19(26-17-9-11-27(12-10-17)15(2)3)25-13-16-5-7-18(8-6-16)28-14-20(21,22)23;/h5-8,15,17H,4,9-14H2,1-3H3,(H2,24,25,26);1H. The zero-order chi connectivity index (χ0) is 20.6. The molecule has 1 aliphatic rings. The van der Waals surface area contributed by atoms with E-state index in [1.807, 2.05) is 6.92 Å². The average Bonchev–Trinajstić information content (AvgIpc) is 2.65. The second-order valence-corrected chi connectivity index (χ2v) is 7.29. The van der Waals surface area contributed by atoms with Gasteiger partial charge in [0.2, 0.25) is 0 Å². The van der Waals surface area contributed by atoms with Crippen LogP contribution in [0.1, 0.15) is 39.2 Å². The molecular formula is C20H32F3IN4O. The van der Waals surface area contributed by atoms with Gasteiger partial charge in [0.1, 0.15) is 5.75 Å². The zero-order valence-electron chi connectivity index (χ0n) is 17.3. The van der Waals surface area contributed by atoms with Crippen LogP contribution in [0.2, 0.25) is 0 Å². The number of likely N-dealkylation sites (tertiary alicyclic amines) is 1. The van der Waals surface area contributed by atoms with Crippen LogP contribution in [-0.2, 0) is 6.54 Å². The van der Waals surface area contributed by atoms with Gasteiger partial charge >= 0.3 is 6.18 Å². The Bertz CT molecular complexity index is 615. The van der Waals surface area contributed by atoms with E-state index >= 15 is 0 Å². The van der Waals surface area contributed by atoms with Crippen molar-refractivity contribution in [3.8, 4) is 5.75 Å². The molecule has 2 rings (SSSR count). The minimum absolute atomic E-state index is 0. The van der Waals surface area contributed by atoms with E-state index in [1.54, 1.807) is 24.3 Å². The van der Waals surface area contributed by atoms with Gasteiger partial charge < -0.3 is 20.3 Å². The topological polar surface area (TPSA) is 48.9 Å². The third-order valence-corrected chi connectivity index (χ3v) is 4.69. The van der Waals surface area contributed by atoms with Crippen LogP contribution in [0, 0.1) is 0 Å².